The zero-order valence-electron chi connectivity index (χ0n) is 19.6. The first-order valence-corrected chi connectivity index (χ1v) is 13.4. The molecule has 34 heavy (non-hydrogen) atoms. The summed E-state index contributed by atoms with van der Waals surface area (Å²) in [6.07, 6.45) is 0.793. The third kappa shape index (κ3) is 4.49. The van der Waals surface area contributed by atoms with Crippen molar-refractivity contribution in [1.29, 1.82) is 0 Å². The lowest BCUT2D eigenvalue weighted by atomic mass is 10.2. The zero-order valence-corrected chi connectivity index (χ0v) is 21.2. The zero-order chi connectivity index (χ0) is 23.7. The summed E-state index contributed by atoms with van der Waals surface area (Å²) in [6.45, 7) is 8.27. The molecule has 4 aromatic rings. The van der Waals surface area contributed by atoms with Crippen LogP contribution in [0.25, 0.3) is 16.9 Å². The van der Waals surface area contributed by atoms with Crippen molar-refractivity contribution in [2.45, 2.75) is 20.3 Å². The highest BCUT2D eigenvalue weighted by Crippen LogP contribution is 2.33. The topological polar surface area (TPSA) is 52.8 Å². The fraction of sp³-hybridized carbons (Fsp3) is 0.375. The van der Waals surface area contributed by atoms with Gasteiger partial charge in [-0.3, -0.25) is 0 Å². The Kier molecular flexibility index (Phi) is 6.71. The van der Waals surface area contributed by atoms with Crippen LogP contribution in [0.3, 0.4) is 0 Å². The molecule has 0 aliphatic carbocycles. The minimum atomic E-state index is -0.248. The Hall–Kier alpha value is -2.69. The van der Waals surface area contributed by atoms with Crippen molar-refractivity contribution >= 4 is 45.7 Å². The van der Waals surface area contributed by atoms with Crippen LogP contribution in [0.5, 0.6) is 0 Å². The van der Waals surface area contributed by atoms with E-state index < -0.39 is 0 Å². The fourth-order valence-electron chi connectivity index (χ4n) is 4.19. The van der Waals surface area contributed by atoms with Crippen LogP contribution in [0.2, 0.25) is 0 Å². The maximum Gasteiger partial charge on any atom is 0.191 e. The first kappa shape index (κ1) is 23.1. The van der Waals surface area contributed by atoms with Gasteiger partial charge in [0.05, 0.1) is 11.4 Å². The van der Waals surface area contributed by atoms with E-state index >= 15 is 0 Å². The quantitative estimate of drug-likeness (QED) is 0.329. The number of halogens is 1. The molecule has 0 spiro atoms. The van der Waals surface area contributed by atoms with Gasteiger partial charge in [0.2, 0.25) is 0 Å². The molecule has 0 saturated carbocycles. The summed E-state index contributed by atoms with van der Waals surface area (Å²) in [4.78, 5) is 14.1. The molecule has 3 aromatic heterocycles. The number of hydrogen-bond donors (Lipinski definition) is 0. The van der Waals surface area contributed by atoms with Crippen LogP contribution in [0.15, 0.2) is 41.8 Å². The highest BCUT2D eigenvalue weighted by atomic mass is 32.2. The standard InChI is InChI=1S/C24H28FN7S2/c1-4-19-23(29(3)24-27-20(16-33-24)17-6-8-18(25)9-7-17)32-21(26-19)10-11-22(28-32)30-12-14-31(15-13-30)34-5-2/h6-11,16H,4-5,12-15H2,1-3H3. The average Bonchev–Trinajstić information content (AvgIpc) is 3.49. The second-order valence-corrected chi connectivity index (χ2v) is 10.3. The number of hydrogen-bond acceptors (Lipinski definition) is 8. The molecule has 5 rings (SSSR count). The highest BCUT2D eigenvalue weighted by molar-refractivity contribution is 7.96. The summed E-state index contributed by atoms with van der Waals surface area (Å²) in [6, 6.07) is 10.6. The van der Waals surface area contributed by atoms with Gasteiger partial charge in [-0.1, -0.05) is 25.8 Å². The van der Waals surface area contributed by atoms with E-state index in [1.165, 1.54) is 12.1 Å². The predicted octanol–water partition coefficient (Wildman–Crippen LogP) is 5.11. The normalized spacial score (nSPS) is 14.8. The summed E-state index contributed by atoms with van der Waals surface area (Å²) in [5.41, 5.74) is 3.54. The summed E-state index contributed by atoms with van der Waals surface area (Å²) in [7, 11) is 2.00. The van der Waals surface area contributed by atoms with Crippen LogP contribution in [0.1, 0.15) is 19.5 Å². The number of benzene rings is 1. The molecule has 1 aliphatic heterocycles. The van der Waals surface area contributed by atoms with Crippen molar-refractivity contribution in [3.05, 3.63) is 53.3 Å². The lowest BCUT2D eigenvalue weighted by Gasteiger charge is -2.34. The Morgan fingerprint density at radius 2 is 1.79 bits per heavy atom. The van der Waals surface area contributed by atoms with Crippen molar-refractivity contribution < 1.29 is 4.39 Å². The summed E-state index contributed by atoms with van der Waals surface area (Å²) >= 11 is 3.46. The van der Waals surface area contributed by atoms with Gasteiger partial charge in [-0.05, 0) is 42.8 Å². The second kappa shape index (κ2) is 9.89. The molecule has 0 amide bonds. The highest BCUT2D eigenvalue weighted by Gasteiger charge is 2.23. The van der Waals surface area contributed by atoms with Crippen molar-refractivity contribution in [3.8, 4) is 11.3 Å². The van der Waals surface area contributed by atoms with Gasteiger partial charge >= 0.3 is 0 Å². The molecule has 1 aliphatic rings. The Bertz CT molecular complexity index is 1260. The largest absolute Gasteiger partial charge is 0.353 e. The Balaban J connectivity index is 1.45. The number of nitrogens with zero attached hydrogens (tertiary/aromatic N) is 7. The minimum Gasteiger partial charge on any atom is -0.353 e. The molecule has 0 bridgehead atoms. The SMILES string of the molecule is CCSN1CCN(c2ccc3nc(CC)c(N(C)c4nc(-c5ccc(F)cc5)cs4)n3n2)CC1. The van der Waals surface area contributed by atoms with Gasteiger partial charge in [-0.25, -0.2) is 18.7 Å². The minimum absolute atomic E-state index is 0.248. The molecule has 0 unspecified atom stereocenters. The first-order chi connectivity index (χ1) is 16.6. The van der Waals surface area contributed by atoms with E-state index in [-0.39, 0.29) is 5.82 Å². The summed E-state index contributed by atoms with van der Waals surface area (Å²) < 4.78 is 17.7. The number of aryl methyl sites for hydroxylation is 1. The van der Waals surface area contributed by atoms with Crippen LogP contribution < -0.4 is 9.80 Å². The third-order valence-corrected chi connectivity index (χ3v) is 7.86. The molecule has 7 nitrogen and oxygen atoms in total. The predicted molar refractivity (Wildman–Crippen MR) is 140 cm³/mol. The summed E-state index contributed by atoms with van der Waals surface area (Å²) in [5.74, 6) is 2.75. The van der Waals surface area contributed by atoms with Gasteiger partial charge < -0.3 is 9.80 Å². The molecule has 1 fully saturated rings. The smallest absolute Gasteiger partial charge is 0.191 e. The molecule has 10 heteroatoms. The van der Waals surface area contributed by atoms with Gasteiger partial charge in [0, 0.05) is 49.9 Å². The number of imidazole rings is 1. The van der Waals surface area contributed by atoms with Crippen molar-refractivity contribution in [2.75, 3.05) is 48.8 Å². The van der Waals surface area contributed by atoms with Gasteiger partial charge in [-0.2, -0.15) is 4.52 Å². The van der Waals surface area contributed by atoms with E-state index in [9.17, 15) is 4.39 Å². The lowest BCUT2D eigenvalue weighted by molar-refractivity contribution is 0.427. The Morgan fingerprint density at radius 1 is 1.03 bits per heavy atom. The maximum atomic E-state index is 13.3. The molecule has 1 saturated heterocycles. The molecule has 4 heterocycles. The number of fused-ring (bicyclic) bond motifs is 1. The average molecular weight is 498 g/mol. The van der Waals surface area contributed by atoms with Crippen molar-refractivity contribution in [3.63, 3.8) is 0 Å². The molecular weight excluding hydrogens is 469 g/mol. The number of aromatic nitrogens is 4. The molecule has 1 aromatic carbocycles. The van der Waals surface area contributed by atoms with E-state index in [1.54, 1.807) is 23.5 Å². The van der Waals surface area contributed by atoms with Gasteiger partial charge in [0.15, 0.2) is 16.6 Å². The third-order valence-electron chi connectivity index (χ3n) is 5.96. The van der Waals surface area contributed by atoms with Crippen LogP contribution in [-0.2, 0) is 6.42 Å². The van der Waals surface area contributed by atoms with Crippen LogP contribution in [0.4, 0.5) is 21.2 Å². The number of thiazole rings is 1. The number of piperazine rings is 1. The Labute approximate surface area is 207 Å². The first-order valence-electron chi connectivity index (χ1n) is 11.5. The van der Waals surface area contributed by atoms with E-state index in [4.69, 9.17) is 15.1 Å². The van der Waals surface area contributed by atoms with E-state index in [0.717, 1.165) is 77.7 Å². The lowest BCUT2D eigenvalue weighted by Crippen LogP contribution is -2.44. The fourth-order valence-corrected chi connectivity index (χ4v) is 5.78. The van der Waals surface area contributed by atoms with Crippen molar-refractivity contribution in [1.82, 2.24) is 23.9 Å². The van der Waals surface area contributed by atoms with Gasteiger partial charge in [-0.15, -0.1) is 16.4 Å². The van der Waals surface area contributed by atoms with E-state index in [2.05, 4.69) is 40.1 Å². The van der Waals surface area contributed by atoms with Crippen LogP contribution in [0, 0.1) is 5.82 Å². The monoisotopic (exact) mass is 497 g/mol. The molecule has 0 atom stereocenters. The molecule has 0 N–H and O–H groups in total. The van der Waals surface area contributed by atoms with Crippen LogP contribution in [-0.4, -0.2) is 62.9 Å². The molecule has 178 valence electrons. The Morgan fingerprint density at radius 3 is 2.50 bits per heavy atom. The van der Waals surface area contributed by atoms with Crippen LogP contribution >= 0.6 is 23.3 Å². The van der Waals surface area contributed by atoms with E-state index in [1.807, 2.05) is 28.9 Å². The number of rotatable bonds is 7. The molecular formula is C24H28FN7S2. The second-order valence-electron chi connectivity index (χ2n) is 8.11. The van der Waals surface area contributed by atoms with Gasteiger partial charge in [0.1, 0.15) is 11.6 Å². The number of anilines is 3. The molecule has 0 radical (unpaired) electrons. The summed E-state index contributed by atoms with van der Waals surface area (Å²) in [5, 5.41) is 7.85. The maximum absolute atomic E-state index is 13.3. The van der Waals surface area contributed by atoms with E-state index in [0.29, 0.717) is 0 Å². The van der Waals surface area contributed by atoms with Crippen molar-refractivity contribution in [2.24, 2.45) is 0 Å². The van der Waals surface area contributed by atoms with Gasteiger partial charge in [0.25, 0.3) is 0 Å².